The summed E-state index contributed by atoms with van der Waals surface area (Å²) in [5.74, 6) is 0.785. The first kappa shape index (κ1) is 28.9. The van der Waals surface area contributed by atoms with Crippen molar-refractivity contribution in [1.82, 2.24) is 10.3 Å². The number of ketones is 1. The number of carboxylic acids is 1. The molecular weight excluding hydrogens is 532 g/mol. The lowest BCUT2D eigenvalue weighted by molar-refractivity contribution is -0.164. The molecule has 8 atom stereocenters. The van der Waals surface area contributed by atoms with Gasteiger partial charge < -0.3 is 20.1 Å². The molecule has 0 spiro atoms. The molecule has 1 amide bonds. The van der Waals surface area contributed by atoms with E-state index in [9.17, 15) is 24.3 Å². The summed E-state index contributed by atoms with van der Waals surface area (Å²) in [6.07, 6.45) is 10.5. The Kier molecular flexibility index (Phi) is 7.69. The van der Waals surface area contributed by atoms with E-state index in [4.69, 9.17) is 4.74 Å². The first-order valence-corrected chi connectivity index (χ1v) is 15.9. The van der Waals surface area contributed by atoms with Gasteiger partial charge in [-0.3, -0.25) is 14.4 Å². The number of hydrogen-bond acceptors (Lipinski definition) is 5. The van der Waals surface area contributed by atoms with E-state index in [2.05, 4.69) is 24.1 Å². The molecule has 0 saturated heterocycles. The number of H-pyrrole nitrogens is 1. The maximum absolute atomic E-state index is 12.9. The number of carboxylic acid groups (broad SMARTS) is 1. The Morgan fingerprint density at radius 1 is 1.02 bits per heavy atom. The monoisotopic (exact) mass is 576 g/mol. The average molecular weight is 577 g/mol. The lowest BCUT2D eigenvalue weighted by Gasteiger charge is -2.60. The van der Waals surface area contributed by atoms with Crippen molar-refractivity contribution in [1.29, 1.82) is 0 Å². The molecule has 226 valence electrons. The maximum Gasteiger partial charge on any atom is 0.326 e. The zero-order valence-electron chi connectivity index (χ0n) is 24.8. The second kappa shape index (κ2) is 11.2. The summed E-state index contributed by atoms with van der Waals surface area (Å²) in [4.78, 5) is 52.9. The van der Waals surface area contributed by atoms with Crippen LogP contribution in [-0.2, 0) is 30.3 Å². The van der Waals surface area contributed by atoms with E-state index in [1.165, 1.54) is 6.42 Å². The van der Waals surface area contributed by atoms with Crippen LogP contribution in [0.25, 0.3) is 10.9 Å². The first-order chi connectivity index (χ1) is 20.1. The minimum Gasteiger partial charge on any atom is -0.480 e. The topological polar surface area (TPSA) is 126 Å². The van der Waals surface area contributed by atoms with Crippen molar-refractivity contribution in [3.63, 3.8) is 0 Å². The number of nitrogens with one attached hydrogen (secondary N) is 2. The van der Waals surface area contributed by atoms with E-state index in [-0.39, 0.29) is 42.2 Å². The molecule has 1 aromatic carbocycles. The van der Waals surface area contributed by atoms with Gasteiger partial charge >= 0.3 is 11.9 Å². The number of carbonyl (C=O) groups excluding carboxylic acids is 3. The van der Waals surface area contributed by atoms with E-state index >= 15 is 0 Å². The van der Waals surface area contributed by atoms with Gasteiger partial charge in [-0.1, -0.05) is 32.0 Å². The number of esters is 1. The number of hydrogen-bond donors (Lipinski definition) is 3. The van der Waals surface area contributed by atoms with Gasteiger partial charge in [-0.15, -0.1) is 0 Å². The van der Waals surface area contributed by atoms with Gasteiger partial charge in [0.2, 0.25) is 5.91 Å². The third kappa shape index (κ3) is 5.15. The van der Waals surface area contributed by atoms with Gasteiger partial charge in [0.05, 0.1) is 6.42 Å². The summed E-state index contributed by atoms with van der Waals surface area (Å²) >= 11 is 0. The molecule has 2 aromatic rings. The van der Waals surface area contributed by atoms with Crippen LogP contribution >= 0.6 is 0 Å². The van der Waals surface area contributed by atoms with Gasteiger partial charge in [-0.05, 0) is 85.7 Å². The van der Waals surface area contributed by atoms with Gasteiger partial charge in [0.15, 0.2) is 0 Å². The van der Waals surface area contributed by atoms with Crippen molar-refractivity contribution >= 4 is 34.5 Å². The largest absolute Gasteiger partial charge is 0.480 e. The Labute approximate surface area is 247 Å². The number of aromatic amines is 1. The number of benzene rings is 1. The number of ether oxygens (including phenoxy) is 1. The second-order valence-electron chi connectivity index (χ2n) is 14.0. The highest BCUT2D eigenvalue weighted by Gasteiger charge is 2.61. The highest BCUT2D eigenvalue weighted by molar-refractivity contribution is 5.88. The molecule has 0 aliphatic heterocycles. The van der Waals surface area contributed by atoms with E-state index in [0.29, 0.717) is 29.5 Å². The fraction of sp³-hybridized carbons (Fsp3) is 0.647. The van der Waals surface area contributed by atoms with Crippen molar-refractivity contribution in [3.8, 4) is 0 Å². The van der Waals surface area contributed by atoms with Crippen molar-refractivity contribution in [3.05, 3.63) is 36.0 Å². The molecule has 1 heterocycles. The maximum atomic E-state index is 12.9. The average Bonchev–Trinajstić information content (AvgIpc) is 3.52. The Morgan fingerprint density at radius 2 is 1.81 bits per heavy atom. The number of aliphatic carboxylic acids is 1. The van der Waals surface area contributed by atoms with Crippen LogP contribution in [0, 0.1) is 34.5 Å². The summed E-state index contributed by atoms with van der Waals surface area (Å²) < 4.78 is 6.06. The van der Waals surface area contributed by atoms with Gasteiger partial charge in [-0.25, -0.2) is 4.79 Å². The quantitative estimate of drug-likeness (QED) is 0.352. The van der Waals surface area contributed by atoms with Crippen LogP contribution < -0.4 is 5.32 Å². The second-order valence-corrected chi connectivity index (χ2v) is 14.0. The Morgan fingerprint density at radius 3 is 2.62 bits per heavy atom. The number of rotatable bonds is 8. The molecule has 6 rings (SSSR count). The number of para-hydroxylation sites is 1. The molecule has 42 heavy (non-hydrogen) atoms. The van der Waals surface area contributed by atoms with Crippen molar-refractivity contribution in [2.24, 2.45) is 34.5 Å². The first-order valence-electron chi connectivity index (χ1n) is 15.9. The lowest BCUT2D eigenvalue weighted by atomic mass is 9.45. The Hall–Kier alpha value is -3.16. The van der Waals surface area contributed by atoms with Gasteiger partial charge in [0.25, 0.3) is 0 Å². The highest BCUT2D eigenvalue weighted by Crippen LogP contribution is 2.66. The van der Waals surface area contributed by atoms with Crippen LogP contribution in [0.2, 0.25) is 0 Å². The van der Waals surface area contributed by atoms with Crippen molar-refractivity contribution in [2.75, 3.05) is 0 Å². The van der Waals surface area contributed by atoms with Crippen molar-refractivity contribution < 1.29 is 29.0 Å². The minimum absolute atomic E-state index is 0.0551. The number of Topliss-reactive ketones (excluding diaryl/α,β-unsaturated/α-hetero) is 1. The molecule has 0 radical (unpaired) electrons. The van der Waals surface area contributed by atoms with Crippen LogP contribution in [0.5, 0.6) is 0 Å². The predicted molar refractivity (Wildman–Crippen MR) is 157 cm³/mol. The number of aromatic nitrogens is 1. The molecular formula is C34H44N2O6. The van der Waals surface area contributed by atoms with Crippen LogP contribution in [-0.4, -0.2) is 45.9 Å². The normalized spacial score (nSPS) is 34.6. The molecule has 4 aliphatic carbocycles. The SMILES string of the molecule is C[C@]12CCC(=O)C[C@@H]1CC[C@H]1[C@H]2CC[C@]2(C)[C@@H](OC(=O)CCC(=O)N[C@@H](Cc3c[nH]c4ccccc34)C(=O)O)CC[C@@H]12. The fourth-order valence-electron chi connectivity index (χ4n) is 9.61. The molecule has 4 fully saturated rings. The molecule has 4 saturated carbocycles. The molecule has 8 nitrogen and oxygen atoms in total. The zero-order valence-corrected chi connectivity index (χ0v) is 24.8. The number of carbonyl (C=O) groups is 4. The predicted octanol–water partition coefficient (Wildman–Crippen LogP) is 5.58. The van der Waals surface area contributed by atoms with Crippen LogP contribution in [0.1, 0.15) is 90.0 Å². The van der Waals surface area contributed by atoms with Crippen LogP contribution in [0.4, 0.5) is 0 Å². The number of fused-ring (bicyclic) bond motifs is 6. The summed E-state index contributed by atoms with van der Waals surface area (Å²) in [7, 11) is 0. The van der Waals surface area contributed by atoms with Crippen molar-refractivity contribution in [2.45, 2.75) is 103 Å². The zero-order chi connectivity index (χ0) is 29.6. The molecule has 0 unspecified atom stereocenters. The summed E-state index contributed by atoms with van der Waals surface area (Å²) in [6.45, 7) is 4.74. The molecule has 3 N–H and O–H groups in total. The molecule has 1 aromatic heterocycles. The van der Waals surface area contributed by atoms with E-state index in [1.54, 1.807) is 6.20 Å². The van der Waals surface area contributed by atoms with E-state index in [1.807, 2.05) is 24.3 Å². The van der Waals surface area contributed by atoms with Crippen LogP contribution in [0.3, 0.4) is 0 Å². The van der Waals surface area contributed by atoms with E-state index < -0.39 is 17.9 Å². The highest BCUT2D eigenvalue weighted by atomic mass is 16.5. The van der Waals surface area contributed by atoms with Gasteiger partial charge in [0, 0.05) is 48.2 Å². The Bertz CT molecular complexity index is 1380. The van der Waals surface area contributed by atoms with Gasteiger partial charge in [-0.2, -0.15) is 0 Å². The van der Waals surface area contributed by atoms with Gasteiger partial charge in [0.1, 0.15) is 17.9 Å². The summed E-state index contributed by atoms with van der Waals surface area (Å²) in [6, 6.07) is 6.55. The minimum atomic E-state index is -1.11. The number of amides is 1. The Balaban J connectivity index is 1.02. The third-order valence-corrected chi connectivity index (χ3v) is 12.0. The lowest BCUT2D eigenvalue weighted by Crippen LogP contribution is -2.54. The van der Waals surface area contributed by atoms with E-state index in [0.717, 1.165) is 67.8 Å². The van der Waals surface area contributed by atoms with Crippen LogP contribution in [0.15, 0.2) is 30.5 Å². The molecule has 0 bridgehead atoms. The fourth-order valence-corrected chi connectivity index (χ4v) is 9.61. The smallest absolute Gasteiger partial charge is 0.326 e. The third-order valence-electron chi connectivity index (χ3n) is 12.0. The molecule has 4 aliphatic rings. The molecule has 8 heteroatoms. The summed E-state index contributed by atoms with van der Waals surface area (Å²) in [5.41, 5.74) is 1.92. The standard InChI is InChI=1S/C34H44N2O6/c1-33-15-13-22(37)18-21(33)7-8-24-25-9-10-29(34(25,2)16-14-26(24)33)42-31(39)12-11-30(38)36-28(32(40)41)17-20-19-35-27-6-4-3-5-23(20)27/h3-6,19,21,24-26,28-29,35H,7-18H2,1-2H3,(H,36,38)(H,40,41)/t21-,24+,25-,26+,28-,29-,33-,34-/m0/s1. The summed E-state index contributed by atoms with van der Waals surface area (Å²) in [5, 5.41) is 13.3.